The first-order valence-corrected chi connectivity index (χ1v) is 5.19. The third-order valence-corrected chi connectivity index (χ3v) is 2.21. The fraction of sp³-hybridized carbons (Fsp3) is 0.250. The fourth-order valence-corrected chi connectivity index (χ4v) is 1.29. The van der Waals surface area contributed by atoms with Gasteiger partial charge in [0.25, 0.3) is 5.91 Å². The molecule has 1 amide bonds. The lowest BCUT2D eigenvalue weighted by atomic mass is 10.1. The van der Waals surface area contributed by atoms with Gasteiger partial charge < -0.3 is 10.4 Å². The van der Waals surface area contributed by atoms with Crippen LogP contribution < -0.4 is 5.32 Å². The molecule has 0 saturated carbocycles. The Morgan fingerprint density at radius 1 is 1.47 bits per heavy atom. The molecule has 2 N–H and O–H groups in total. The predicted molar refractivity (Wildman–Crippen MR) is 62.6 cm³/mol. The van der Waals surface area contributed by atoms with Gasteiger partial charge in [-0.2, -0.15) is 0 Å². The zero-order chi connectivity index (χ0) is 12.7. The highest BCUT2D eigenvalue weighted by Gasteiger charge is 2.19. The van der Waals surface area contributed by atoms with E-state index in [0.717, 1.165) is 0 Å². The summed E-state index contributed by atoms with van der Waals surface area (Å²) in [5, 5.41) is 11.4. The maximum atomic E-state index is 11.7. The summed E-state index contributed by atoms with van der Waals surface area (Å²) in [6.07, 6.45) is 5.45. The SMILES string of the molecule is C=CCC[C@H](NC(=O)c1ccncc1)C(=O)O. The lowest BCUT2D eigenvalue weighted by Gasteiger charge is -2.13. The predicted octanol–water partition coefficient (Wildman–Crippen LogP) is 1.23. The second-order valence-electron chi connectivity index (χ2n) is 3.47. The molecule has 0 radical (unpaired) electrons. The molecule has 90 valence electrons. The summed E-state index contributed by atoms with van der Waals surface area (Å²) in [5.74, 6) is -1.46. The van der Waals surface area contributed by atoms with Gasteiger partial charge in [0.05, 0.1) is 0 Å². The molecule has 1 heterocycles. The molecular formula is C12H14N2O3. The van der Waals surface area contributed by atoms with Crippen molar-refractivity contribution in [1.29, 1.82) is 0 Å². The van der Waals surface area contributed by atoms with E-state index in [1.807, 2.05) is 0 Å². The molecule has 0 bridgehead atoms. The van der Waals surface area contributed by atoms with Crippen molar-refractivity contribution in [3.05, 3.63) is 42.7 Å². The summed E-state index contributed by atoms with van der Waals surface area (Å²) in [6.45, 7) is 3.52. The number of pyridine rings is 1. The Balaban J connectivity index is 2.64. The first-order chi connectivity index (χ1) is 8.15. The average molecular weight is 234 g/mol. The van der Waals surface area contributed by atoms with Gasteiger partial charge in [0.15, 0.2) is 0 Å². The van der Waals surface area contributed by atoms with Crippen molar-refractivity contribution in [1.82, 2.24) is 10.3 Å². The van der Waals surface area contributed by atoms with Gasteiger partial charge in [-0.05, 0) is 25.0 Å². The number of allylic oxidation sites excluding steroid dienone is 1. The van der Waals surface area contributed by atoms with E-state index in [4.69, 9.17) is 5.11 Å². The number of amides is 1. The molecular weight excluding hydrogens is 220 g/mol. The molecule has 0 aromatic carbocycles. The molecule has 0 unspecified atom stereocenters. The van der Waals surface area contributed by atoms with E-state index in [0.29, 0.717) is 18.4 Å². The van der Waals surface area contributed by atoms with Crippen LogP contribution in [-0.2, 0) is 4.79 Å². The van der Waals surface area contributed by atoms with Gasteiger partial charge in [-0.25, -0.2) is 4.79 Å². The summed E-state index contributed by atoms with van der Waals surface area (Å²) in [7, 11) is 0. The van der Waals surface area contributed by atoms with Gasteiger partial charge in [-0.15, -0.1) is 6.58 Å². The number of carbonyl (C=O) groups is 2. The monoisotopic (exact) mass is 234 g/mol. The van der Waals surface area contributed by atoms with Crippen molar-refractivity contribution < 1.29 is 14.7 Å². The van der Waals surface area contributed by atoms with Crippen molar-refractivity contribution in [3.8, 4) is 0 Å². The van der Waals surface area contributed by atoms with Gasteiger partial charge in [-0.3, -0.25) is 9.78 Å². The number of nitrogens with one attached hydrogen (secondary N) is 1. The van der Waals surface area contributed by atoms with Crippen molar-refractivity contribution >= 4 is 11.9 Å². The lowest BCUT2D eigenvalue weighted by Crippen LogP contribution is -2.40. The van der Waals surface area contributed by atoms with Gasteiger partial charge >= 0.3 is 5.97 Å². The Labute approximate surface area is 99.2 Å². The molecule has 0 aliphatic rings. The number of nitrogens with zero attached hydrogens (tertiary/aromatic N) is 1. The van der Waals surface area contributed by atoms with Crippen LogP contribution in [0.4, 0.5) is 0 Å². The highest BCUT2D eigenvalue weighted by Crippen LogP contribution is 2.02. The normalized spacial score (nSPS) is 11.5. The topological polar surface area (TPSA) is 79.3 Å². The summed E-state index contributed by atoms with van der Waals surface area (Å²) in [4.78, 5) is 26.4. The van der Waals surface area contributed by atoms with E-state index < -0.39 is 17.9 Å². The number of rotatable bonds is 6. The molecule has 5 nitrogen and oxygen atoms in total. The number of aliphatic carboxylic acids is 1. The largest absolute Gasteiger partial charge is 0.480 e. The number of aromatic nitrogens is 1. The summed E-state index contributed by atoms with van der Waals surface area (Å²) < 4.78 is 0. The summed E-state index contributed by atoms with van der Waals surface area (Å²) >= 11 is 0. The lowest BCUT2D eigenvalue weighted by molar-refractivity contribution is -0.139. The van der Waals surface area contributed by atoms with Crippen molar-refractivity contribution in [2.45, 2.75) is 18.9 Å². The smallest absolute Gasteiger partial charge is 0.326 e. The van der Waals surface area contributed by atoms with Gasteiger partial charge in [0, 0.05) is 18.0 Å². The van der Waals surface area contributed by atoms with E-state index in [9.17, 15) is 9.59 Å². The van der Waals surface area contributed by atoms with E-state index in [-0.39, 0.29) is 0 Å². The van der Waals surface area contributed by atoms with Crippen LogP contribution in [0.5, 0.6) is 0 Å². The molecule has 0 spiro atoms. The Bertz CT molecular complexity index is 403. The number of hydrogen-bond donors (Lipinski definition) is 2. The second kappa shape index (κ2) is 6.42. The molecule has 1 aromatic heterocycles. The van der Waals surface area contributed by atoms with Gasteiger partial charge in [-0.1, -0.05) is 6.08 Å². The van der Waals surface area contributed by atoms with E-state index >= 15 is 0 Å². The van der Waals surface area contributed by atoms with Gasteiger partial charge in [0.1, 0.15) is 6.04 Å². The minimum Gasteiger partial charge on any atom is -0.480 e. The minimum atomic E-state index is -1.05. The zero-order valence-electron chi connectivity index (χ0n) is 9.30. The molecule has 0 aliphatic heterocycles. The van der Waals surface area contributed by atoms with Crippen molar-refractivity contribution in [2.75, 3.05) is 0 Å². The van der Waals surface area contributed by atoms with Crippen LogP contribution in [0.15, 0.2) is 37.2 Å². The van der Waals surface area contributed by atoms with Crippen LogP contribution in [0.25, 0.3) is 0 Å². The standard InChI is InChI=1S/C12H14N2O3/c1-2-3-4-10(12(16)17)14-11(15)9-5-7-13-8-6-9/h2,5-8,10H,1,3-4H2,(H,14,15)(H,16,17)/t10-/m0/s1. The number of hydrogen-bond acceptors (Lipinski definition) is 3. The Kier molecular flexibility index (Phi) is 4.87. The minimum absolute atomic E-state index is 0.329. The average Bonchev–Trinajstić information content (AvgIpc) is 2.35. The number of carboxylic acids is 1. The molecule has 1 atom stereocenters. The Morgan fingerprint density at radius 2 is 2.12 bits per heavy atom. The molecule has 0 fully saturated rings. The zero-order valence-corrected chi connectivity index (χ0v) is 9.30. The first kappa shape index (κ1) is 12.9. The molecule has 0 aliphatic carbocycles. The molecule has 1 rings (SSSR count). The maximum absolute atomic E-state index is 11.7. The summed E-state index contributed by atoms with van der Waals surface area (Å²) in [5.41, 5.74) is 0.393. The third kappa shape index (κ3) is 4.06. The highest BCUT2D eigenvalue weighted by atomic mass is 16.4. The quantitative estimate of drug-likeness (QED) is 0.725. The second-order valence-corrected chi connectivity index (χ2v) is 3.47. The first-order valence-electron chi connectivity index (χ1n) is 5.19. The molecule has 17 heavy (non-hydrogen) atoms. The van der Waals surface area contributed by atoms with E-state index in [1.165, 1.54) is 24.5 Å². The van der Waals surface area contributed by atoms with E-state index in [2.05, 4.69) is 16.9 Å². The van der Waals surface area contributed by atoms with Crippen LogP contribution >= 0.6 is 0 Å². The van der Waals surface area contributed by atoms with Crippen molar-refractivity contribution in [3.63, 3.8) is 0 Å². The van der Waals surface area contributed by atoms with Crippen LogP contribution in [-0.4, -0.2) is 28.0 Å². The van der Waals surface area contributed by atoms with E-state index in [1.54, 1.807) is 6.08 Å². The maximum Gasteiger partial charge on any atom is 0.326 e. The number of carbonyl (C=O) groups excluding carboxylic acids is 1. The molecule has 5 heteroatoms. The van der Waals surface area contributed by atoms with Gasteiger partial charge in [0.2, 0.25) is 0 Å². The van der Waals surface area contributed by atoms with Crippen LogP contribution in [0.3, 0.4) is 0 Å². The van der Waals surface area contributed by atoms with Crippen LogP contribution in [0.2, 0.25) is 0 Å². The molecule has 1 aromatic rings. The number of carboxylic acid groups (broad SMARTS) is 1. The van der Waals surface area contributed by atoms with Crippen LogP contribution in [0, 0.1) is 0 Å². The Hall–Kier alpha value is -2.17. The van der Waals surface area contributed by atoms with Crippen LogP contribution in [0.1, 0.15) is 23.2 Å². The fourth-order valence-electron chi connectivity index (χ4n) is 1.29. The van der Waals surface area contributed by atoms with Crippen molar-refractivity contribution in [2.24, 2.45) is 0 Å². The Morgan fingerprint density at radius 3 is 2.65 bits per heavy atom. The summed E-state index contributed by atoms with van der Waals surface area (Å²) in [6, 6.07) is 2.16. The highest BCUT2D eigenvalue weighted by molar-refractivity contribution is 5.96. The third-order valence-electron chi connectivity index (χ3n) is 2.21. The molecule has 0 saturated heterocycles.